The molecule has 0 aliphatic carbocycles. The Morgan fingerprint density at radius 3 is 2.09 bits per heavy atom. The van der Waals surface area contributed by atoms with E-state index in [1.54, 1.807) is 12.4 Å². The molecule has 0 radical (unpaired) electrons. The molecule has 0 aliphatic heterocycles. The number of hydrogen-bond acceptors (Lipinski definition) is 7. The summed E-state index contributed by atoms with van der Waals surface area (Å²) in [4.78, 5) is 41.1. The Balaban J connectivity index is 1.71. The Kier molecular flexibility index (Phi) is 6.09. The van der Waals surface area contributed by atoms with Crippen LogP contribution in [0.3, 0.4) is 0 Å². The summed E-state index contributed by atoms with van der Waals surface area (Å²) in [5, 5.41) is 11.0. The highest BCUT2D eigenvalue weighted by molar-refractivity contribution is 5.86. The summed E-state index contributed by atoms with van der Waals surface area (Å²) in [6, 6.07) is 15.7. The van der Waals surface area contributed by atoms with E-state index in [4.69, 9.17) is 20.8 Å². The molecule has 1 amide bonds. The number of nitrogens with zero attached hydrogens (tertiary/aromatic N) is 4. The maximum Gasteiger partial charge on any atom is 0.322 e. The Labute approximate surface area is 183 Å². The van der Waals surface area contributed by atoms with Crippen LogP contribution in [0.1, 0.15) is 5.56 Å². The zero-order valence-corrected chi connectivity index (χ0v) is 17.0. The number of aliphatic carboxylic acids is 1. The minimum atomic E-state index is -1.13. The molecule has 9 heteroatoms. The molecule has 3 heterocycles. The first-order chi connectivity index (χ1) is 15.5. The van der Waals surface area contributed by atoms with Crippen LogP contribution < -0.4 is 11.1 Å². The Morgan fingerprint density at radius 2 is 1.53 bits per heavy atom. The van der Waals surface area contributed by atoms with E-state index in [1.807, 2.05) is 54.6 Å². The second-order valence-corrected chi connectivity index (χ2v) is 7.10. The maximum atomic E-state index is 12.0. The fourth-order valence-corrected chi connectivity index (χ4v) is 3.23. The first kappa shape index (κ1) is 21.0. The van der Waals surface area contributed by atoms with Crippen molar-refractivity contribution in [2.75, 3.05) is 6.54 Å². The lowest BCUT2D eigenvalue weighted by atomic mass is 10.0. The van der Waals surface area contributed by atoms with Gasteiger partial charge in [-0.2, -0.15) is 0 Å². The fraction of sp³-hybridized carbons (Fsp3) is 0.130. The predicted octanol–water partition coefficient (Wildman–Crippen LogP) is 1.82. The van der Waals surface area contributed by atoms with Crippen molar-refractivity contribution in [2.24, 2.45) is 5.73 Å². The van der Waals surface area contributed by atoms with Gasteiger partial charge in [0, 0.05) is 12.4 Å². The predicted molar refractivity (Wildman–Crippen MR) is 118 cm³/mol. The summed E-state index contributed by atoms with van der Waals surface area (Å²) >= 11 is 0. The van der Waals surface area contributed by atoms with Gasteiger partial charge >= 0.3 is 5.97 Å². The van der Waals surface area contributed by atoms with Crippen LogP contribution in [0.2, 0.25) is 0 Å². The number of pyridine rings is 2. The molecule has 0 fully saturated rings. The van der Waals surface area contributed by atoms with Gasteiger partial charge in [-0.25, -0.2) is 9.97 Å². The van der Waals surface area contributed by atoms with E-state index >= 15 is 0 Å². The van der Waals surface area contributed by atoms with Crippen LogP contribution in [0.25, 0.3) is 33.8 Å². The van der Waals surface area contributed by atoms with Crippen molar-refractivity contribution < 1.29 is 14.7 Å². The van der Waals surface area contributed by atoms with E-state index in [-0.39, 0.29) is 6.42 Å². The first-order valence-electron chi connectivity index (χ1n) is 9.90. The smallest absolute Gasteiger partial charge is 0.322 e. The van der Waals surface area contributed by atoms with Gasteiger partial charge < -0.3 is 16.2 Å². The zero-order valence-electron chi connectivity index (χ0n) is 17.0. The molecule has 4 rings (SSSR count). The molecule has 0 saturated carbocycles. The Hall–Kier alpha value is -4.24. The Morgan fingerprint density at radius 1 is 0.906 bits per heavy atom. The number of hydrogen-bond donors (Lipinski definition) is 3. The summed E-state index contributed by atoms with van der Waals surface area (Å²) in [6.07, 6.45) is 3.61. The molecule has 3 aromatic heterocycles. The quantitative estimate of drug-likeness (QED) is 0.404. The molecular weight excluding hydrogens is 408 g/mol. The van der Waals surface area contributed by atoms with Gasteiger partial charge in [0.2, 0.25) is 5.91 Å². The zero-order chi connectivity index (χ0) is 22.5. The van der Waals surface area contributed by atoms with Gasteiger partial charge in [-0.15, -0.1) is 0 Å². The van der Waals surface area contributed by atoms with Crippen molar-refractivity contribution in [3.05, 3.63) is 72.6 Å². The molecule has 1 aromatic carbocycles. The lowest BCUT2D eigenvalue weighted by Crippen LogP contribution is -2.43. The monoisotopic (exact) mass is 428 g/mol. The van der Waals surface area contributed by atoms with Crippen molar-refractivity contribution in [3.8, 4) is 22.8 Å². The van der Waals surface area contributed by atoms with Crippen LogP contribution in [0.15, 0.2) is 67.0 Å². The topological polar surface area (TPSA) is 144 Å². The number of nitrogens with two attached hydrogens (primary N) is 1. The number of carboxylic acids is 1. The van der Waals surface area contributed by atoms with Crippen molar-refractivity contribution in [2.45, 2.75) is 12.5 Å². The molecule has 32 heavy (non-hydrogen) atoms. The summed E-state index contributed by atoms with van der Waals surface area (Å²) in [6.45, 7) is -0.473. The van der Waals surface area contributed by atoms with Crippen LogP contribution in [0, 0.1) is 0 Å². The molecular formula is C23H20N6O3. The maximum absolute atomic E-state index is 12.0. The van der Waals surface area contributed by atoms with E-state index in [0.29, 0.717) is 33.8 Å². The highest BCUT2D eigenvalue weighted by atomic mass is 16.4. The highest BCUT2D eigenvalue weighted by Gasteiger charge is 2.17. The number of aromatic nitrogens is 4. The van der Waals surface area contributed by atoms with E-state index in [2.05, 4.69) is 15.3 Å². The lowest BCUT2D eigenvalue weighted by Gasteiger charge is -2.13. The van der Waals surface area contributed by atoms with Gasteiger partial charge in [0.1, 0.15) is 17.9 Å². The summed E-state index contributed by atoms with van der Waals surface area (Å²) in [5.74, 6) is -1.66. The minimum Gasteiger partial charge on any atom is -0.480 e. The number of benzene rings is 1. The standard InChI is InChI=1S/C23H20N6O3/c24-15(23(32)27-13-20(30)31)11-14-7-8-16-19(12-14)29-22(18-6-2-4-10-26-18)21(28-16)17-5-1-3-9-25-17/h1-10,12,15H,11,13,24H2,(H,27,32)(H,30,31)/t15-/m0/s1. The normalized spacial score (nSPS) is 11.8. The van der Waals surface area contributed by atoms with Crippen LogP contribution in [0.5, 0.6) is 0 Å². The summed E-state index contributed by atoms with van der Waals surface area (Å²) in [7, 11) is 0. The molecule has 0 spiro atoms. The number of amides is 1. The second kappa shape index (κ2) is 9.27. The summed E-state index contributed by atoms with van der Waals surface area (Å²) < 4.78 is 0. The largest absolute Gasteiger partial charge is 0.480 e. The van der Waals surface area contributed by atoms with Gasteiger partial charge in [-0.3, -0.25) is 19.6 Å². The third-order valence-corrected chi connectivity index (χ3v) is 4.75. The van der Waals surface area contributed by atoms with E-state index in [1.165, 1.54) is 0 Å². The van der Waals surface area contributed by atoms with Crippen LogP contribution >= 0.6 is 0 Å². The molecule has 9 nitrogen and oxygen atoms in total. The van der Waals surface area contributed by atoms with Gasteiger partial charge in [-0.05, 0) is 48.4 Å². The Bertz CT molecular complexity index is 1260. The molecule has 4 aromatic rings. The molecule has 0 unspecified atom stereocenters. The highest BCUT2D eigenvalue weighted by Crippen LogP contribution is 2.29. The van der Waals surface area contributed by atoms with Gasteiger partial charge in [0.15, 0.2) is 0 Å². The molecule has 0 saturated heterocycles. The number of carboxylic acid groups (broad SMARTS) is 1. The van der Waals surface area contributed by atoms with E-state index < -0.39 is 24.5 Å². The van der Waals surface area contributed by atoms with E-state index in [9.17, 15) is 9.59 Å². The summed E-state index contributed by atoms with van der Waals surface area (Å²) in [5.41, 5.74) is 10.6. The van der Waals surface area contributed by atoms with Crippen molar-refractivity contribution in [1.82, 2.24) is 25.3 Å². The number of fused-ring (bicyclic) bond motifs is 1. The van der Waals surface area contributed by atoms with Crippen LogP contribution in [0.4, 0.5) is 0 Å². The van der Waals surface area contributed by atoms with Gasteiger partial charge in [-0.1, -0.05) is 18.2 Å². The van der Waals surface area contributed by atoms with Crippen molar-refractivity contribution in [3.63, 3.8) is 0 Å². The lowest BCUT2D eigenvalue weighted by molar-refractivity contribution is -0.138. The minimum absolute atomic E-state index is 0.226. The second-order valence-electron chi connectivity index (χ2n) is 7.10. The van der Waals surface area contributed by atoms with Gasteiger partial charge in [0.05, 0.1) is 28.5 Å². The first-order valence-corrected chi connectivity index (χ1v) is 9.90. The number of nitrogens with one attached hydrogen (secondary N) is 1. The molecule has 0 bridgehead atoms. The number of rotatable bonds is 7. The third-order valence-electron chi connectivity index (χ3n) is 4.75. The fourth-order valence-electron chi connectivity index (χ4n) is 3.23. The average molecular weight is 428 g/mol. The molecule has 0 aliphatic rings. The van der Waals surface area contributed by atoms with Gasteiger partial charge in [0.25, 0.3) is 0 Å². The molecule has 4 N–H and O–H groups in total. The SMILES string of the molecule is N[C@@H](Cc1ccc2nc(-c3ccccn3)c(-c3ccccn3)nc2c1)C(=O)NCC(=O)O. The van der Waals surface area contributed by atoms with Crippen molar-refractivity contribution in [1.29, 1.82) is 0 Å². The number of carbonyl (C=O) groups excluding carboxylic acids is 1. The van der Waals surface area contributed by atoms with E-state index in [0.717, 1.165) is 5.56 Å². The van der Waals surface area contributed by atoms with Crippen LogP contribution in [-0.4, -0.2) is 49.5 Å². The van der Waals surface area contributed by atoms with Crippen molar-refractivity contribution >= 4 is 22.9 Å². The van der Waals surface area contributed by atoms with Crippen LogP contribution in [-0.2, 0) is 16.0 Å². The number of carbonyl (C=O) groups is 2. The molecule has 160 valence electrons. The third kappa shape index (κ3) is 4.73. The average Bonchev–Trinajstić information content (AvgIpc) is 2.82. The molecule has 1 atom stereocenters.